The smallest absolute Gasteiger partial charge is 0.313 e. The summed E-state index contributed by atoms with van der Waals surface area (Å²) in [6, 6.07) is 4.54. The first-order valence-corrected chi connectivity index (χ1v) is 6.65. The zero-order valence-corrected chi connectivity index (χ0v) is 12.4. The summed E-state index contributed by atoms with van der Waals surface area (Å²) in [7, 11) is 1.30. The second-order valence-corrected chi connectivity index (χ2v) is 4.35. The van der Waals surface area contributed by atoms with E-state index in [1.54, 1.807) is 18.2 Å². The van der Waals surface area contributed by atoms with Crippen LogP contribution in [0, 0.1) is 10.1 Å². The number of nitro benzene ring substituents is 1. The van der Waals surface area contributed by atoms with Gasteiger partial charge in [0.25, 0.3) is 0 Å². The normalized spacial score (nSPS) is 12.1. The van der Waals surface area contributed by atoms with Gasteiger partial charge in [0, 0.05) is 6.07 Å². The van der Waals surface area contributed by atoms with Gasteiger partial charge in [-0.3, -0.25) is 14.9 Å². The van der Waals surface area contributed by atoms with Gasteiger partial charge in [-0.15, -0.1) is 0 Å². The Morgan fingerprint density at radius 1 is 1.48 bits per heavy atom. The van der Waals surface area contributed by atoms with E-state index in [0.717, 1.165) is 0 Å². The van der Waals surface area contributed by atoms with Gasteiger partial charge in [0.2, 0.25) is 0 Å². The Hall–Kier alpha value is -2.37. The van der Waals surface area contributed by atoms with Gasteiger partial charge in [-0.2, -0.15) is 0 Å². The van der Waals surface area contributed by atoms with Crippen LogP contribution in [0.1, 0.15) is 31.7 Å². The van der Waals surface area contributed by atoms with E-state index in [9.17, 15) is 14.9 Å². The standard InChI is InChI=1S/C15H19NO5/c1-4-6-9-21-14-8-7-11(10-13(14)16(18)19)12(5-2)15(17)20-3/h4,6-8,10,12H,5,9H2,1-3H3. The maximum absolute atomic E-state index is 11.7. The number of carbonyl (C=O) groups is 1. The molecule has 0 amide bonds. The number of nitro groups is 1. The van der Waals surface area contributed by atoms with Crippen LogP contribution in [0.4, 0.5) is 5.69 Å². The summed E-state index contributed by atoms with van der Waals surface area (Å²) in [5.41, 5.74) is 0.397. The predicted octanol–water partition coefficient (Wildman–Crippen LogP) is 3.22. The lowest BCUT2D eigenvalue weighted by Gasteiger charge is -2.13. The summed E-state index contributed by atoms with van der Waals surface area (Å²) in [6.45, 7) is 3.91. The minimum Gasteiger partial charge on any atom is -0.483 e. The Morgan fingerprint density at radius 2 is 2.19 bits per heavy atom. The van der Waals surface area contributed by atoms with Crippen LogP contribution < -0.4 is 4.74 Å². The molecule has 6 nitrogen and oxygen atoms in total. The molecular formula is C15H19NO5. The topological polar surface area (TPSA) is 78.7 Å². The number of ether oxygens (including phenoxy) is 2. The molecule has 1 aromatic carbocycles. The quantitative estimate of drug-likeness (QED) is 0.334. The Morgan fingerprint density at radius 3 is 2.71 bits per heavy atom. The van der Waals surface area contributed by atoms with Crippen LogP contribution in [-0.2, 0) is 9.53 Å². The third kappa shape index (κ3) is 4.30. The lowest BCUT2D eigenvalue weighted by molar-refractivity contribution is -0.385. The average molecular weight is 293 g/mol. The van der Waals surface area contributed by atoms with Gasteiger partial charge in [-0.05, 0) is 25.0 Å². The van der Waals surface area contributed by atoms with Crippen LogP contribution in [0.25, 0.3) is 0 Å². The molecule has 6 heteroatoms. The van der Waals surface area contributed by atoms with Crippen molar-refractivity contribution in [3.8, 4) is 5.75 Å². The molecule has 0 aliphatic rings. The fourth-order valence-electron chi connectivity index (χ4n) is 1.93. The van der Waals surface area contributed by atoms with Crippen molar-refractivity contribution in [3.63, 3.8) is 0 Å². The van der Waals surface area contributed by atoms with Crippen LogP contribution in [0.2, 0.25) is 0 Å². The fourth-order valence-corrected chi connectivity index (χ4v) is 1.93. The third-order valence-corrected chi connectivity index (χ3v) is 3.05. The number of rotatable bonds is 7. The largest absolute Gasteiger partial charge is 0.483 e. The number of benzene rings is 1. The first-order chi connectivity index (χ1) is 10.0. The van der Waals surface area contributed by atoms with Gasteiger partial charge in [0.05, 0.1) is 18.0 Å². The van der Waals surface area contributed by atoms with Crippen LogP contribution in [0.5, 0.6) is 5.75 Å². The number of hydrogen-bond acceptors (Lipinski definition) is 5. The van der Waals surface area contributed by atoms with Crippen molar-refractivity contribution >= 4 is 11.7 Å². The molecule has 1 aromatic rings. The van der Waals surface area contributed by atoms with Crippen molar-refractivity contribution < 1.29 is 19.2 Å². The van der Waals surface area contributed by atoms with Crippen LogP contribution in [-0.4, -0.2) is 24.6 Å². The van der Waals surface area contributed by atoms with E-state index < -0.39 is 16.8 Å². The van der Waals surface area contributed by atoms with Crippen LogP contribution >= 0.6 is 0 Å². The molecule has 1 atom stereocenters. The van der Waals surface area contributed by atoms with E-state index >= 15 is 0 Å². The summed E-state index contributed by atoms with van der Waals surface area (Å²) in [4.78, 5) is 22.3. The number of carbonyl (C=O) groups excluding carboxylic acids is 1. The van der Waals surface area contributed by atoms with Gasteiger partial charge < -0.3 is 9.47 Å². The van der Waals surface area contributed by atoms with Crippen molar-refractivity contribution in [1.29, 1.82) is 0 Å². The molecular weight excluding hydrogens is 274 g/mol. The Balaban J connectivity index is 3.12. The van der Waals surface area contributed by atoms with E-state index in [1.165, 1.54) is 19.2 Å². The number of allylic oxidation sites excluding steroid dienone is 1. The van der Waals surface area contributed by atoms with Crippen LogP contribution in [0.15, 0.2) is 30.4 Å². The minimum absolute atomic E-state index is 0.153. The number of nitrogens with zero attached hydrogens (tertiary/aromatic N) is 1. The molecule has 1 rings (SSSR count). The molecule has 1 unspecified atom stereocenters. The highest BCUT2D eigenvalue weighted by molar-refractivity contribution is 5.78. The van der Waals surface area contributed by atoms with Gasteiger partial charge >= 0.3 is 11.7 Å². The van der Waals surface area contributed by atoms with Gasteiger partial charge in [0.1, 0.15) is 6.61 Å². The van der Waals surface area contributed by atoms with Crippen molar-refractivity contribution in [2.24, 2.45) is 0 Å². The monoisotopic (exact) mass is 293 g/mol. The molecule has 0 radical (unpaired) electrons. The Labute approximate surface area is 123 Å². The average Bonchev–Trinajstić information content (AvgIpc) is 2.48. The maximum Gasteiger partial charge on any atom is 0.313 e. The summed E-state index contributed by atoms with van der Waals surface area (Å²) < 4.78 is 10.1. The van der Waals surface area contributed by atoms with Gasteiger partial charge in [-0.1, -0.05) is 25.1 Å². The summed E-state index contributed by atoms with van der Waals surface area (Å²) in [5, 5.41) is 11.1. The van der Waals surface area contributed by atoms with E-state index in [2.05, 4.69) is 0 Å². The molecule has 114 valence electrons. The van der Waals surface area contributed by atoms with Gasteiger partial charge in [-0.25, -0.2) is 0 Å². The second-order valence-electron chi connectivity index (χ2n) is 4.35. The SMILES string of the molecule is CC=CCOc1ccc(C(CC)C(=O)OC)cc1[N+](=O)[O-]. The Bertz CT molecular complexity index is 539. The van der Waals surface area contributed by atoms with E-state index in [0.29, 0.717) is 12.0 Å². The maximum atomic E-state index is 11.7. The second kappa shape index (κ2) is 8.04. The highest BCUT2D eigenvalue weighted by Crippen LogP contribution is 2.32. The van der Waals surface area contributed by atoms with Gasteiger partial charge in [0.15, 0.2) is 5.75 Å². The number of esters is 1. The summed E-state index contributed by atoms with van der Waals surface area (Å²) >= 11 is 0. The molecule has 0 saturated heterocycles. The van der Waals surface area contributed by atoms with E-state index in [4.69, 9.17) is 9.47 Å². The van der Waals surface area contributed by atoms with E-state index in [-0.39, 0.29) is 18.0 Å². The Kier molecular flexibility index (Phi) is 6.39. The third-order valence-electron chi connectivity index (χ3n) is 3.05. The molecule has 0 aliphatic heterocycles. The van der Waals surface area contributed by atoms with Crippen molar-refractivity contribution in [3.05, 3.63) is 46.0 Å². The number of hydrogen-bond donors (Lipinski definition) is 0. The zero-order chi connectivity index (χ0) is 15.8. The molecule has 0 heterocycles. The van der Waals surface area contributed by atoms with Crippen molar-refractivity contribution in [1.82, 2.24) is 0 Å². The van der Waals surface area contributed by atoms with Crippen LogP contribution in [0.3, 0.4) is 0 Å². The van der Waals surface area contributed by atoms with Crippen molar-refractivity contribution in [2.75, 3.05) is 13.7 Å². The molecule has 0 aliphatic carbocycles. The summed E-state index contributed by atoms with van der Waals surface area (Å²) in [6.07, 6.45) is 4.05. The zero-order valence-electron chi connectivity index (χ0n) is 12.4. The fraction of sp³-hybridized carbons (Fsp3) is 0.400. The predicted molar refractivity (Wildman–Crippen MR) is 78.5 cm³/mol. The molecule has 21 heavy (non-hydrogen) atoms. The lowest BCUT2D eigenvalue weighted by Crippen LogP contribution is -2.13. The molecule has 0 spiro atoms. The van der Waals surface area contributed by atoms with E-state index in [1.807, 2.05) is 13.8 Å². The molecule has 0 bridgehead atoms. The molecule has 0 N–H and O–H groups in total. The highest BCUT2D eigenvalue weighted by Gasteiger charge is 2.24. The highest BCUT2D eigenvalue weighted by atomic mass is 16.6. The first-order valence-electron chi connectivity index (χ1n) is 6.65. The summed E-state index contributed by atoms with van der Waals surface area (Å²) in [5.74, 6) is -0.741. The number of methoxy groups -OCH3 is 1. The molecule has 0 aromatic heterocycles. The minimum atomic E-state index is -0.515. The lowest BCUT2D eigenvalue weighted by atomic mass is 9.96. The molecule has 0 saturated carbocycles. The molecule has 0 fully saturated rings. The first kappa shape index (κ1) is 16.7. The van der Waals surface area contributed by atoms with Crippen molar-refractivity contribution in [2.45, 2.75) is 26.2 Å².